The molecule has 4 nitrogen and oxygen atoms in total. The fourth-order valence-electron chi connectivity index (χ4n) is 2.57. The summed E-state index contributed by atoms with van der Waals surface area (Å²) in [6, 6.07) is 16.1. The van der Waals surface area contributed by atoms with Gasteiger partial charge in [0.15, 0.2) is 0 Å². The normalized spacial score (nSPS) is 13.1. The van der Waals surface area contributed by atoms with Crippen LogP contribution in [0.5, 0.6) is 0 Å². The molecular formula is C18H15ClFNO3S. The molecule has 0 aromatic heterocycles. The van der Waals surface area contributed by atoms with Crippen LogP contribution < -0.4 is 4.72 Å². The van der Waals surface area contributed by atoms with Crippen LogP contribution in [0.3, 0.4) is 0 Å². The Morgan fingerprint density at radius 2 is 1.80 bits per heavy atom. The molecule has 3 aromatic rings. The summed E-state index contributed by atoms with van der Waals surface area (Å²) in [6.45, 7) is -0.217. The number of aliphatic hydroxyl groups is 1. The number of hydrogen-bond acceptors (Lipinski definition) is 3. The predicted molar refractivity (Wildman–Crippen MR) is 95.5 cm³/mol. The number of sulfonamides is 1. The monoisotopic (exact) mass is 379 g/mol. The van der Waals surface area contributed by atoms with Gasteiger partial charge in [-0.3, -0.25) is 0 Å². The van der Waals surface area contributed by atoms with Crippen molar-refractivity contribution in [1.82, 2.24) is 4.72 Å². The molecule has 0 unspecified atom stereocenters. The molecule has 1 atom stereocenters. The van der Waals surface area contributed by atoms with Crippen LogP contribution in [0.4, 0.5) is 4.39 Å². The van der Waals surface area contributed by atoms with E-state index in [-0.39, 0.29) is 16.5 Å². The highest BCUT2D eigenvalue weighted by Crippen LogP contribution is 2.24. The molecule has 0 aliphatic rings. The van der Waals surface area contributed by atoms with Crippen LogP contribution in [0.1, 0.15) is 11.7 Å². The van der Waals surface area contributed by atoms with E-state index in [0.717, 1.165) is 29.0 Å². The van der Waals surface area contributed by atoms with Crippen LogP contribution in [0, 0.1) is 5.82 Å². The van der Waals surface area contributed by atoms with Crippen molar-refractivity contribution in [3.63, 3.8) is 0 Å². The van der Waals surface area contributed by atoms with Crippen molar-refractivity contribution < 1.29 is 17.9 Å². The van der Waals surface area contributed by atoms with Crippen molar-refractivity contribution in [2.45, 2.75) is 11.0 Å². The highest BCUT2D eigenvalue weighted by Gasteiger charge is 2.19. The SMILES string of the molecule is O=S(=O)(NC[C@H](O)c1cccc2ccccc12)c1ccc(F)c(Cl)c1. The number of halogens is 2. The smallest absolute Gasteiger partial charge is 0.240 e. The standard InChI is InChI=1S/C18H15ClFNO3S/c19-16-10-13(8-9-17(16)20)25(23,24)21-11-18(22)15-7-3-5-12-4-1-2-6-14(12)15/h1-10,18,21-22H,11H2/t18-/m0/s1. The molecule has 0 fully saturated rings. The summed E-state index contributed by atoms with van der Waals surface area (Å²) >= 11 is 5.63. The van der Waals surface area contributed by atoms with Gasteiger partial charge in [0.25, 0.3) is 0 Å². The lowest BCUT2D eigenvalue weighted by atomic mass is 10.0. The van der Waals surface area contributed by atoms with Gasteiger partial charge in [0, 0.05) is 6.54 Å². The molecule has 0 saturated carbocycles. The Hall–Kier alpha value is -1.99. The summed E-state index contributed by atoms with van der Waals surface area (Å²) < 4.78 is 40.1. The zero-order chi connectivity index (χ0) is 18.0. The maximum absolute atomic E-state index is 13.2. The maximum Gasteiger partial charge on any atom is 0.240 e. The molecule has 0 aliphatic heterocycles. The third kappa shape index (κ3) is 3.82. The van der Waals surface area contributed by atoms with Crippen LogP contribution in [0.2, 0.25) is 5.02 Å². The fourth-order valence-corrected chi connectivity index (χ4v) is 3.88. The molecule has 3 rings (SSSR count). The van der Waals surface area contributed by atoms with E-state index >= 15 is 0 Å². The zero-order valence-corrected chi connectivity index (χ0v) is 14.6. The molecule has 7 heteroatoms. The Morgan fingerprint density at radius 1 is 1.08 bits per heavy atom. The first-order valence-corrected chi connectivity index (χ1v) is 9.35. The first-order chi connectivity index (χ1) is 11.9. The Balaban J connectivity index is 1.81. The van der Waals surface area contributed by atoms with Crippen LogP contribution in [-0.4, -0.2) is 20.1 Å². The van der Waals surface area contributed by atoms with Crippen molar-refractivity contribution >= 4 is 32.4 Å². The number of fused-ring (bicyclic) bond motifs is 1. The van der Waals surface area contributed by atoms with Gasteiger partial charge in [-0.1, -0.05) is 54.1 Å². The van der Waals surface area contributed by atoms with Crippen molar-refractivity contribution in [2.24, 2.45) is 0 Å². The second kappa shape index (κ2) is 7.09. The van der Waals surface area contributed by atoms with Crippen molar-refractivity contribution in [3.05, 3.63) is 77.1 Å². The van der Waals surface area contributed by atoms with Crippen molar-refractivity contribution in [1.29, 1.82) is 0 Å². The van der Waals surface area contributed by atoms with E-state index in [4.69, 9.17) is 11.6 Å². The average Bonchev–Trinajstić information content (AvgIpc) is 2.61. The quantitative estimate of drug-likeness (QED) is 0.711. The lowest BCUT2D eigenvalue weighted by molar-refractivity contribution is 0.183. The molecule has 0 spiro atoms. The first-order valence-electron chi connectivity index (χ1n) is 7.49. The van der Waals surface area contributed by atoms with Gasteiger partial charge in [-0.25, -0.2) is 17.5 Å². The van der Waals surface area contributed by atoms with Gasteiger partial charge in [-0.2, -0.15) is 0 Å². The van der Waals surface area contributed by atoms with Crippen molar-refractivity contribution in [2.75, 3.05) is 6.54 Å². The number of aliphatic hydroxyl groups excluding tert-OH is 1. The van der Waals surface area contributed by atoms with E-state index in [1.165, 1.54) is 0 Å². The topological polar surface area (TPSA) is 66.4 Å². The molecule has 0 radical (unpaired) electrons. The van der Waals surface area contributed by atoms with E-state index in [9.17, 15) is 17.9 Å². The van der Waals surface area contributed by atoms with Gasteiger partial charge < -0.3 is 5.11 Å². The largest absolute Gasteiger partial charge is 0.387 e. The summed E-state index contributed by atoms with van der Waals surface area (Å²) in [4.78, 5) is -0.163. The highest BCUT2D eigenvalue weighted by atomic mass is 35.5. The van der Waals surface area contributed by atoms with Gasteiger partial charge in [-0.05, 0) is 34.5 Å². The summed E-state index contributed by atoms with van der Waals surface area (Å²) in [5.41, 5.74) is 0.623. The molecule has 0 aliphatic carbocycles. The molecule has 130 valence electrons. The molecule has 0 bridgehead atoms. The number of benzene rings is 3. The number of rotatable bonds is 5. The fraction of sp³-hybridized carbons (Fsp3) is 0.111. The van der Waals surface area contributed by atoms with Crippen molar-refractivity contribution in [3.8, 4) is 0 Å². The average molecular weight is 380 g/mol. The zero-order valence-electron chi connectivity index (χ0n) is 13.0. The summed E-state index contributed by atoms with van der Waals surface area (Å²) in [6.07, 6.45) is -1.03. The molecule has 3 aromatic carbocycles. The number of hydrogen-bond donors (Lipinski definition) is 2. The lowest BCUT2D eigenvalue weighted by Gasteiger charge is -2.15. The maximum atomic E-state index is 13.2. The Morgan fingerprint density at radius 3 is 2.56 bits per heavy atom. The Labute approximate surface area is 149 Å². The van der Waals surface area contributed by atoms with Crippen LogP contribution in [0.25, 0.3) is 10.8 Å². The molecule has 0 heterocycles. The van der Waals surface area contributed by atoms with Gasteiger partial charge >= 0.3 is 0 Å². The third-order valence-corrected chi connectivity index (χ3v) is 5.56. The minimum atomic E-state index is -3.92. The van der Waals surface area contributed by atoms with E-state index in [1.807, 2.05) is 30.3 Å². The van der Waals surface area contributed by atoms with Crippen LogP contribution in [-0.2, 0) is 10.0 Å². The van der Waals surface area contributed by atoms with Crippen LogP contribution in [0.15, 0.2) is 65.6 Å². The van der Waals surface area contributed by atoms with E-state index < -0.39 is 21.9 Å². The first kappa shape index (κ1) is 17.8. The Kier molecular flexibility index (Phi) is 5.06. The van der Waals surface area contributed by atoms with Gasteiger partial charge in [0.05, 0.1) is 16.0 Å². The minimum absolute atomic E-state index is 0.163. The van der Waals surface area contributed by atoms with Crippen LogP contribution >= 0.6 is 11.6 Å². The van der Waals surface area contributed by atoms with E-state index in [0.29, 0.717) is 5.56 Å². The highest BCUT2D eigenvalue weighted by molar-refractivity contribution is 7.89. The Bertz CT molecular complexity index is 1020. The summed E-state index contributed by atoms with van der Waals surface area (Å²) in [5, 5.41) is 11.9. The predicted octanol–water partition coefficient (Wildman–Crippen LogP) is 3.64. The van der Waals surface area contributed by atoms with Gasteiger partial charge in [0.2, 0.25) is 10.0 Å². The second-order valence-electron chi connectivity index (χ2n) is 5.51. The molecule has 0 amide bonds. The van der Waals surface area contributed by atoms with Gasteiger partial charge in [0.1, 0.15) is 5.82 Å². The molecule has 2 N–H and O–H groups in total. The summed E-state index contributed by atoms with van der Waals surface area (Å²) in [5.74, 6) is -0.698. The van der Waals surface area contributed by atoms with Gasteiger partial charge in [-0.15, -0.1) is 0 Å². The lowest BCUT2D eigenvalue weighted by Crippen LogP contribution is -2.28. The minimum Gasteiger partial charge on any atom is -0.387 e. The molecular weight excluding hydrogens is 365 g/mol. The molecule has 25 heavy (non-hydrogen) atoms. The van der Waals surface area contributed by atoms with E-state index in [1.54, 1.807) is 12.1 Å². The van der Waals surface area contributed by atoms with E-state index in [2.05, 4.69) is 4.72 Å². The molecule has 0 saturated heterocycles. The summed E-state index contributed by atoms with van der Waals surface area (Å²) in [7, 11) is -3.92. The number of nitrogens with one attached hydrogen (secondary N) is 1. The second-order valence-corrected chi connectivity index (χ2v) is 7.69. The third-order valence-electron chi connectivity index (χ3n) is 3.85.